The average molecular weight is 546 g/mol. The third kappa shape index (κ3) is 6.44. The van der Waals surface area contributed by atoms with Crippen LogP contribution in [0.4, 0.5) is 10.3 Å². The number of anilines is 1. The molecule has 1 aliphatic carbocycles. The van der Waals surface area contributed by atoms with E-state index in [1.807, 2.05) is 23.6 Å². The van der Waals surface area contributed by atoms with Crippen molar-refractivity contribution in [3.05, 3.63) is 78.0 Å². The Bertz CT molecular complexity index is 1350. The van der Waals surface area contributed by atoms with Gasteiger partial charge in [0, 0.05) is 44.6 Å². The van der Waals surface area contributed by atoms with Crippen LogP contribution in [0.15, 0.2) is 66.6 Å². The largest absolute Gasteiger partial charge is 0.481 e. The number of carbonyl (C=O) groups excluding carboxylic acids is 2. The fourth-order valence-corrected chi connectivity index (χ4v) is 4.82. The number of benzene rings is 1. The van der Waals surface area contributed by atoms with Crippen molar-refractivity contribution in [2.24, 2.45) is 5.92 Å². The van der Waals surface area contributed by atoms with Crippen molar-refractivity contribution >= 4 is 17.6 Å². The van der Waals surface area contributed by atoms with Crippen LogP contribution in [0.3, 0.4) is 0 Å². The topological polar surface area (TPSA) is 97.8 Å². The van der Waals surface area contributed by atoms with E-state index in [4.69, 9.17) is 9.47 Å². The summed E-state index contributed by atoms with van der Waals surface area (Å²) in [5, 5.41) is 0. The van der Waals surface area contributed by atoms with Crippen LogP contribution in [-0.4, -0.2) is 63.8 Å². The van der Waals surface area contributed by atoms with Gasteiger partial charge in [-0.1, -0.05) is 5.57 Å². The van der Waals surface area contributed by atoms with Crippen LogP contribution in [0.2, 0.25) is 0 Å². The van der Waals surface area contributed by atoms with Crippen LogP contribution < -0.4 is 14.4 Å². The fraction of sp³-hybridized carbons (Fsp3) is 0.367. The molecular formula is C30H32FN5O4. The van der Waals surface area contributed by atoms with Gasteiger partial charge in [0.25, 0.3) is 0 Å². The number of allylic oxidation sites excluding steroid dienone is 1. The van der Waals surface area contributed by atoms with Crippen molar-refractivity contribution in [3.63, 3.8) is 0 Å². The molecule has 0 unspecified atom stereocenters. The molecule has 9 nitrogen and oxygen atoms in total. The number of ether oxygens (including phenoxy) is 2. The minimum absolute atomic E-state index is 0.000205. The molecule has 0 radical (unpaired) electrons. The average Bonchev–Trinajstić information content (AvgIpc) is 2.93. The molecule has 0 spiro atoms. The smallest absolute Gasteiger partial charge is 0.229 e. The first-order valence-electron chi connectivity index (χ1n) is 13.6. The van der Waals surface area contributed by atoms with Crippen molar-refractivity contribution < 1.29 is 23.5 Å². The van der Waals surface area contributed by atoms with E-state index in [0.717, 1.165) is 30.6 Å². The van der Waals surface area contributed by atoms with Gasteiger partial charge in [-0.3, -0.25) is 9.59 Å². The van der Waals surface area contributed by atoms with Gasteiger partial charge in [0.2, 0.25) is 17.7 Å². The molecule has 1 amide bonds. The Kier molecular flexibility index (Phi) is 8.33. The molecule has 10 heteroatoms. The van der Waals surface area contributed by atoms with Gasteiger partial charge in [-0.15, -0.1) is 0 Å². The quantitative estimate of drug-likeness (QED) is 0.370. The van der Waals surface area contributed by atoms with E-state index >= 15 is 0 Å². The van der Waals surface area contributed by atoms with Crippen LogP contribution in [0.25, 0.3) is 0 Å². The summed E-state index contributed by atoms with van der Waals surface area (Å²) in [6.45, 7) is 6.70. The van der Waals surface area contributed by atoms with Gasteiger partial charge < -0.3 is 19.3 Å². The first-order valence-corrected chi connectivity index (χ1v) is 13.6. The lowest BCUT2D eigenvalue weighted by atomic mass is 9.92. The summed E-state index contributed by atoms with van der Waals surface area (Å²) in [7, 11) is 0. The van der Waals surface area contributed by atoms with E-state index in [1.54, 1.807) is 30.6 Å². The highest BCUT2D eigenvalue weighted by molar-refractivity contribution is 5.95. The zero-order valence-corrected chi connectivity index (χ0v) is 22.6. The Morgan fingerprint density at radius 3 is 2.33 bits per heavy atom. The number of pyridine rings is 1. The Morgan fingerprint density at radius 2 is 1.70 bits per heavy atom. The normalized spacial score (nSPS) is 17.2. The predicted octanol–water partition coefficient (Wildman–Crippen LogP) is 4.39. The number of hydrogen-bond donors (Lipinski definition) is 0. The Balaban J connectivity index is 1.10. The molecule has 0 bridgehead atoms. The summed E-state index contributed by atoms with van der Waals surface area (Å²) in [4.78, 5) is 42.3. The molecule has 2 aliphatic rings. The monoisotopic (exact) mass is 545 g/mol. The minimum atomic E-state index is -0.577. The van der Waals surface area contributed by atoms with Gasteiger partial charge in [0.15, 0.2) is 11.9 Å². The Hall–Kier alpha value is -4.34. The molecule has 3 heterocycles. The Labute approximate surface area is 232 Å². The molecule has 1 aliphatic heterocycles. The maximum Gasteiger partial charge on any atom is 0.229 e. The molecule has 40 heavy (non-hydrogen) atoms. The van der Waals surface area contributed by atoms with E-state index in [0.29, 0.717) is 49.3 Å². The van der Waals surface area contributed by atoms with E-state index in [2.05, 4.69) is 15.0 Å². The van der Waals surface area contributed by atoms with Crippen molar-refractivity contribution in [1.82, 2.24) is 19.9 Å². The molecule has 1 fully saturated rings. The summed E-state index contributed by atoms with van der Waals surface area (Å²) >= 11 is 0. The molecule has 1 saturated heterocycles. The predicted molar refractivity (Wildman–Crippen MR) is 147 cm³/mol. The number of amides is 1. The second-order valence-corrected chi connectivity index (χ2v) is 9.92. The van der Waals surface area contributed by atoms with Crippen LogP contribution in [0.5, 0.6) is 17.4 Å². The Morgan fingerprint density at radius 1 is 1.00 bits per heavy atom. The standard InChI is InChI=1S/C30H32FN5O4/c1-3-35(4-2)29(38)22-18-36(19-22)30-33-15-21(16-34-30)13-20-5-11-27(26(37)14-20)39-25-10-12-28(32-17-25)40-24-8-6-23(31)7-9-24/h6-10,12,14-17,22,27H,3-5,11,13,18-19H2,1-2H3/t27-/m1/s1. The number of hydrogen-bond acceptors (Lipinski definition) is 8. The molecular weight excluding hydrogens is 513 g/mol. The lowest BCUT2D eigenvalue weighted by Gasteiger charge is -2.40. The molecule has 3 aromatic rings. The molecule has 5 rings (SSSR count). The maximum absolute atomic E-state index is 13.1. The SMILES string of the molecule is CCN(CC)C(=O)C1CN(c2ncc(CC3=CC(=O)[C@H](Oc4ccc(Oc5ccc(F)cc5)nc4)CC3)cn2)C1. The van der Waals surface area contributed by atoms with Gasteiger partial charge in [-0.25, -0.2) is 19.3 Å². The van der Waals surface area contributed by atoms with Gasteiger partial charge >= 0.3 is 0 Å². The summed E-state index contributed by atoms with van der Waals surface area (Å²) in [6, 6.07) is 8.99. The van der Waals surface area contributed by atoms with E-state index in [-0.39, 0.29) is 23.4 Å². The maximum atomic E-state index is 13.1. The number of nitrogens with zero attached hydrogens (tertiary/aromatic N) is 5. The molecule has 1 aromatic carbocycles. The summed E-state index contributed by atoms with van der Waals surface area (Å²) in [6.07, 6.45) is 8.04. The highest BCUT2D eigenvalue weighted by Crippen LogP contribution is 2.27. The number of carbonyl (C=O) groups is 2. The van der Waals surface area contributed by atoms with Crippen LogP contribution >= 0.6 is 0 Å². The summed E-state index contributed by atoms with van der Waals surface area (Å²) in [5.41, 5.74) is 1.94. The van der Waals surface area contributed by atoms with Crippen molar-refractivity contribution in [3.8, 4) is 17.4 Å². The minimum Gasteiger partial charge on any atom is -0.481 e. The first-order chi connectivity index (χ1) is 19.4. The number of halogens is 1. The second kappa shape index (κ2) is 12.2. The molecule has 1 atom stereocenters. The number of ketones is 1. The second-order valence-electron chi connectivity index (χ2n) is 9.92. The highest BCUT2D eigenvalue weighted by Gasteiger charge is 2.36. The van der Waals surface area contributed by atoms with Crippen molar-refractivity contribution in [2.75, 3.05) is 31.1 Å². The molecule has 0 N–H and O–H groups in total. The zero-order chi connectivity index (χ0) is 28.1. The van der Waals surface area contributed by atoms with Gasteiger partial charge in [-0.05, 0) is 75.1 Å². The van der Waals surface area contributed by atoms with Gasteiger partial charge in [-0.2, -0.15) is 0 Å². The lowest BCUT2D eigenvalue weighted by Crippen LogP contribution is -2.55. The molecule has 2 aromatic heterocycles. The summed E-state index contributed by atoms with van der Waals surface area (Å²) in [5.74, 6) is 1.67. The van der Waals surface area contributed by atoms with E-state index in [1.165, 1.54) is 30.5 Å². The van der Waals surface area contributed by atoms with E-state index in [9.17, 15) is 14.0 Å². The lowest BCUT2D eigenvalue weighted by molar-refractivity contribution is -0.136. The van der Waals surface area contributed by atoms with Crippen molar-refractivity contribution in [2.45, 2.75) is 39.2 Å². The van der Waals surface area contributed by atoms with Crippen LogP contribution in [0, 0.1) is 11.7 Å². The third-order valence-corrected chi connectivity index (χ3v) is 7.13. The zero-order valence-electron chi connectivity index (χ0n) is 22.6. The van der Waals surface area contributed by atoms with Gasteiger partial charge in [0.1, 0.15) is 17.3 Å². The highest BCUT2D eigenvalue weighted by atomic mass is 19.1. The number of rotatable bonds is 10. The van der Waals surface area contributed by atoms with Gasteiger partial charge in [0.05, 0.1) is 12.1 Å². The molecule has 0 saturated carbocycles. The van der Waals surface area contributed by atoms with E-state index < -0.39 is 6.10 Å². The first kappa shape index (κ1) is 27.2. The third-order valence-electron chi connectivity index (χ3n) is 7.13. The fourth-order valence-electron chi connectivity index (χ4n) is 4.82. The number of aromatic nitrogens is 3. The van der Waals surface area contributed by atoms with Crippen LogP contribution in [0.1, 0.15) is 32.3 Å². The summed E-state index contributed by atoms with van der Waals surface area (Å²) < 4.78 is 24.5. The van der Waals surface area contributed by atoms with Crippen molar-refractivity contribution in [1.29, 1.82) is 0 Å². The molecule has 208 valence electrons. The van der Waals surface area contributed by atoms with Crippen LogP contribution in [-0.2, 0) is 16.0 Å².